The number of sulfonamides is 1. The topological polar surface area (TPSA) is 92.3 Å². The molecule has 1 fully saturated rings. The number of amides is 1. The summed E-state index contributed by atoms with van der Waals surface area (Å²) in [5.41, 5.74) is 0.830. The van der Waals surface area contributed by atoms with Crippen molar-refractivity contribution < 1.29 is 22.0 Å². The van der Waals surface area contributed by atoms with Gasteiger partial charge in [0.05, 0.1) is 10.9 Å². The molecule has 168 valence electrons. The molecule has 3 aromatic rings. The molecule has 7 nitrogen and oxygen atoms in total. The zero-order valence-corrected chi connectivity index (χ0v) is 19.1. The normalized spacial score (nSPS) is 16.9. The SMILES string of the molecule is Cc1ccc(S(=O)(=O)N2CCC[C@H]2c2nnc(C(=O)Nc3ccc(F)c(F)c3)s2)cc1Cl. The maximum Gasteiger partial charge on any atom is 0.286 e. The minimum absolute atomic E-state index is 0.0210. The fraction of sp³-hybridized carbons (Fsp3) is 0.250. The van der Waals surface area contributed by atoms with Crippen molar-refractivity contribution in [2.24, 2.45) is 0 Å². The predicted octanol–water partition coefficient (Wildman–Crippen LogP) is 4.56. The van der Waals surface area contributed by atoms with Gasteiger partial charge in [0.2, 0.25) is 15.0 Å². The molecule has 0 spiro atoms. The van der Waals surface area contributed by atoms with E-state index in [2.05, 4.69) is 15.5 Å². The maximum atomic E-state index is 13.4. The molecular weight excluding hydrogens is 482 g/mol. The highest BCUT2D eigenvalue weighted by molar-refractivity contribution is 7.89. The largest absolute Gasteiger partial charge is 0.320 e. The van der Waals surface area contributed by atoms with Crippen molar-refractivity contribution in [3.8, 4) is 0 Å². The monoisotopic (exact) mass is 498 g/mol. The average molecular weight is 499 g/mol. The highest BCUT2D eigenvalue weighted by atomic mass is 35.5. The van der Waals surface area contributed by atoms with Crippen LogP contribution in [0.3, 0.4) is 0 Å². The van der Waals surface area contributed by atoms with Gasteiger partial charge in [0.25, 0.3) is 5.91 Å². The molecule has 0 unspecified atom stereocenters. The van der Waals surface area contributed by atoms with Gasteiger partial charge < -0.3 is 5.32 Å². The van der Waals surface area contributed by atoms with Crippen LogP contribution in [-0.4, -0.2) is 35.4 Å². The number of halogens is 3. The molecule has 32 heavy (non-hydrogen) atoms. The van der Waals surface area contributed by atoms with E-state index >= 15 is 0 Å². The number of nitrogens with one attached hydrogen (secondary N) is 1. The molecule has 1 saturated heterocycles. The number of aryl methyl sites for hydroxylation is 1. The zero-order chi connectivity index (χ0) is 23.0. The number of hydrogen-bond donors (Lipinski definition) is 1. The summed E-state index contributed by atoms with van der Waals surface area (Å²) in [6, 6.07) is 6.97. The van der Waals surface area contributed by atoms with E-state index < -0.39 is 33.6 Å². The summed E-state index contributed by atoms with van der Waals surface area (Å²) >= 11 is 7.06. The Kier molecular flexibility index (Phi) is 6.26. The molecule has 2 heterocycles. The zero-order valence-electron chi connectivity index (χ0n) is 16.7. The number of benzene rings is 2. The van der Waals surface area contributed by atoms with E-state index in [9.17, 15) is 22.0 Å². The summed E-state index contributed by atoms with van der Waals surface area (Å²) in [6.07, 6.45) is 1.15. The van der Waals surface area contributed by atoms with Crippen LogP contribution >= 0.6 is 22.9 Å². The van der Waals surface area contributed by atoms with Gasteiger partial charge in [-0.2, -0.15) is 4.31 Å². The van der Waals surface area contributed by atoms with Crippen LogP contribution in [0.15, 0.2) is 41.3 Å². The average Bonchev–Trinajstić information content (AvgIpc) is 3.42. The quantitative estimate of drug-likeness (QED) is 0.557. The van der Waals surface area contributed by atoms with Gasteiger partial charge in [-0.25, -0.2) is 17.2 Å². The van der Waals surface area contributed by atoms with E-state index in [-0.39, 0.29) is 15.6 Å². The summed E-state index contributed by atoms with van der Waals surface area (Å²) < 4.78 is 54.2. The fourth-order valence-corrected chi connectivity index (χ4v) is 6.25. The summed E-state index contributed by atoms with van der Waals surface area (Å²) in [6.45, 7) is 2.08. The molecule has 0 saturated carbocycles. The molecule has 1 N–H and O–H groups in total. The molecule has 0 radical (unpaired) electrons. The van der Waals surface area contributed by atoms with Gasteiger partial charge in [-0.15, -0.1) is 10.2 Å². The number of hydrogen-bond acceptors (Lipinski definition) is 6. The molecule has 1 aliphatic rings. The molecule has 1 aliphatic heterocycles. The minimum Gasteiger partial charge on any atom is -0.320 e. The van der Waals surface area contributed by atoms with Crippen molar-refractivity contribution in [1.82, 2.24) is 14.5 Å². The van der Waals surface area contributed by atoms with Crippen LogP contribution in [0.25, 0.3) is 0 Å². The van der Waals surface area contributed by atoms with E-state index in [1.54, 1.807) is 13.0 Å². The first-order valence-electron chi connectivity index (χ1n) is 9.54. The fourth-order valence-electron chi connectivity index (χ4n) is 3.36. The molecule has 0 aliphatic carbocycles. The van der Waals surface area contributed by atoms with Crippen LogP contribution in [0, 0.1) is 18.6 Å². The summed E-state index contributed by atoms with van der Waals surface area (Å²) in [5, 5.41) is 11.0. The van der Waals surface area contributed by atoms with Gasteiger partial charge in [0.15, 0.2) is 11.6 Å². The van der Waals surface area contributed by atoms with Crippen molar-refractivity contribution in [2.45, 2.75) is 30.7 Å². The molecule has 0 bridgehead atoms. The van der Waals surface area contributed by atoms with Crippen molar-refractivity contribution in [3.63, 3.8) is 0 Å². The van der Waals surface area contributed by atoms with E-state index in [4.69, 9.17) is 11.6 Å². The van der Waals surface area contributed by atoms with Crippen molar-refractivity contribution in [1.29, 1.82) is 0 Å². The minimum atomic E-state index is -3.83. The third kappa shape index (κ3) is 4.38. The second kappa shape index (κ2) is 8.81. The molecule has 4 rings (SSSR count). The first kappa shape index (κ1) is 22.7. The Morgan fingerprint density at radius 3 is 2.69 bits per heavy atom. The number of carbonyl (C=O) groups excluding carboxylic acids is 1. The van der Waals surface area contributed by atoms with Crippen LogP contribution in [0.1, 0.15) is 39.3 Å². The summed E-state index contributed by atoms with van der Waals surface area (Å²) in [5.74, 6) is -2.78. The lowest BCUT2D eigenvalue weighted by Crippen LogP contribution is -2.30. The summed E-state index contributed by atoms with van der Waals surface area (Å²) in [7, 11) is -3.83. The van der Waals surface area contributed by atoms with E-state index in [1.165, 1.54) is 22.5 Å². The van der Waals surface area contributed by atoms with Crippen molar-refractivity contribution >= 4 is 44.6 Å². The van der Waals surface area contributed by atoms with Gasteiger partial charge in [-0.3, -0.25) is 4.79 Å². The Morgan fingerprint density at radius 1 is 1.19 bits per heavy atom. The number of aromatic nitrogens is 2. The molecule has 2 aromatic carbocycles. The second-order valence-electron chi connectivity index (χ2n) is 7.21. The second-order valence-corrected chi connectivity index (χ2v) is 10.5. The third-order valence-electron chi connectivity index (χ3n) is 5.05. The lowest BCUT2D eigenvalue weighted by molar-refractivity contribution is 0.102. The lowest BCUT2D eigenvalue weighted by Gasteiger charge is -2.22. The summed E-state index contributed by atoms with van der Waals surface area (Å²) in [4.78, 5) is 12.5. The van der Waals surface area contributed by atoms with Gasteiger partial charge in [-0.05, 0) is 49.6 Å². The first-order chi connectivity index (χ1) is 15.2. The van der Waals surface area contributed by atoms with Crippen LogP contribution in [0.5, 0.6) is 0 Å². The number of rotatable bonds is 5. The van der Waals surface area contributed by atoms with E-state index in [0.717, 1.165) is 29.0 Å². The third-order valence-corrected chi connectivity index (χ3v) is 8.39. The Hall–Kier alpha value is -2.47. The highest BCUT2D eigenvalue weighted by Crippen LogP contribution is 2.38. The van der Waals surface area contributed by atoms with Crippen molar-refractivity contribution in [3.05, 3.63) is 68.6 Å². The van der Waals surface area contributed by atoms with Crippen molar-refractivity contribution in [2.75, 3.05) is 11.9 Å². The molecule has 1 aromatic heterocycles. The maximum absolute atomic E-state index is 13.4. The van der Waals surface area contributed by atoms with Crippen LogP contribution in [0.2, 0.25) is 5.02 Å². The standard InChI is InChI=1S/C20H17ClF2N4O3S2/c1-11-4-6-13(10-14(11)21)32(29,30)27-8-2-3-17(27)19-25-26-20(31-19)18(28)24-12-5-7-15(22)16(23)9-12/h4-7,9-10,17H,2-3,8H2,1H3,(H,24,28)/t17-/m0/s1. The molecular formula is C20H17ClF2N4O3S2. The smallest absolute Gasteiger partial charge is 0.286 e. The van der Waals surface area contributed by atoms with Gasteiger partial charge in [0.1, 0.15) is 5.01 Å². The Labute approximate surface area is 192 Å². The van der Waals surface area contributed by atoms with E-state index in [1.807, 2.05) is 0 Å². The number of anilines is 1. The first-order valence-corrected chi connectivity index (χ1v) is 12.2. The number of carbonyl (C=O) groups is 1. The molecule has 1 amide bonds. The van der Waals surface area contributed by atoms with Crippen LogP contribution in [-0.2, 0) is 10.0 Å². The predicted molar refractivity (Wildman–Crippen MR) is 116 cm³/mol. The molecule has 12 heteroatoms. The van der Waals surface area contributed by atoms with Crippen LogP contribution < -0.4 is 5.32 Å². The number of nitrogens with zero attached hydrogens (tertiary/aromatic N) is 3. The van der Waals surface area contributed by atoms with E-state index in [0.29, 0.717) is 29.4 Å². The lowest BCUT2D eigenvalue weighted by atomic mass is 10.2. The highest BCUT2D eigenvalue weighted by Gasteiger charge is 2.38. The Bertz CT molecular complexity index is 1300. The van der Waals surface area contributed by atoms with Gasteiger partial charge in [0, 0.05) is 23.3 Å². The van der Waals surface area contributed by atoms with Gasteiger partial charge >= 0.3 is 0 Å². The van der Waals surface area contributed by atoms with Crippen LogP contribution in [0.4, 0.5) is 14.5 Å². The Balaban J connectivity index is 1.55. The molecule has 1 atom stereocenters. The van der Waals surface area contributed by atoms with Gasteiger partial charge in [-0.1, -0.05) is 29.0 Å². The Morgan fingerprint density at radius 2 is 1.97 bits per heavy atom.